The summed E-state index contributed by atoms with van der Waals surface area (Å²) in [7, 11) is 1.83. The first-order valence-corrected chi connectivity index (χ1v) is 11.3. The van der Waals surface area contributed by atoms with Gasteiger partial charge in [-0.15, -0.1) is 24.0 Å². The quantitative estimate of drug-likeness (QED) is 0.342. The number of hydrogen-bond acceptors (Lipinski definition) is 2. The zero-order chi connectivity index (χ0) is 21.5. The number of rotatable bonds is 4. The first-order chi connectivity index (χ1) is 15.2. The van der Waals surface area contributed by atoms with Gasteiger partial charge in [0.25, 0.3) is 5.91 Å². The third-order valence-electron chi connectivity index (χ3n) is 6.16. The minimum absolute atomic E-state index is 0. The lowest BCUT2D eigenvalue weighted by Gasteiger charge is -2.30. The number of nitrogens with one attached hydrogen (secondary N) is 1. The molecule has 0 bridgehead atoms. The van der Waals surface area contributed by atoms with Crippen LogP contribution in [0.2, 0.25) is 0 Å². The van der Waals surface area contributed by atoms with E-state index in [0.29, 0.717) is 6.54 Å². The number of carbonyl (C=O) groups is 1. The minimum atomic E-state index is 0. The Balaban J connectivity index is 0.00000289. The Kier molecular flexibility index (Phi) is 9.14. The lowest BCUT2D eigenvalue weighted by molar-refractivity contribution is 0.0724. The highest BCUT2D eigenvalue weighted by Crippen LogP contribution is 2.22. The standard InChI is InChI=1S/C26H32N4O.HI/c1-27-26(30-18-14-23(15-19-30)22-8-4-2-5-9-22)28-20-21-10-12-24(13-11-21)25(31)29-16-6-3-7-17-29;/h2,4-5,8-14H,3,6-7,15-20H2,1H3,(H,27,28);1H. The largest absolute Gasteiger partial charge is 0.352 e. The highest BCUT2D eigenvalue weighted by atomic mass is 127. The molecule has 170 valence electrons. The summed E-state index contributed by atoms with van der Waals surface area (Å²) in [5, 5.41) is 3.47. The molecule has 2 aromatic rings. The molecule has 0 saturated carbocycles. The zero-order valence-electron chi connectivity index (χ0n) is 18.8. The van der Waals surface area contributed by atoms with Crippen molar-refractivity contribution in [2.75, 3.05) is 33.2 Å². The van der Waals surface area contributed by atoms with E-state index in [0.717, 1.165) is 62.5 Å². The van der Waals surface area contributed by atoms with Gasteiger partial charge in [0.2, 0.25) is 0 Å². The Morgan fingerprint density at radius 3 is 2.28 bits per heavy atom. The Hall–Kier alpha value is -2.35. The second-order valence-electron chi connectivity index (χ2n) is 8.24. The maximum atomic E-state index is 12.6. The third-order valence-corrected chi connectivity index (χ3v) is 6.16. The molecule has 6 heteroatoms. The van der Waals surface area contributed by atoms with Gasteiger partial charge < -0.3 is 15.1 Å². The molecule has 1 N–H and O–H groups in total. The number of aliphatic imine (C=N–C) groups is 1. The topological polar surface area (TPSA) is 47.9 Å². The van der Waals surface area contributed by atoms with Gasteiger partial charge in [-0.05, 0) is 54.5 Å². The van der Waals surface area contributed by atoms with Crippen molar-refractivity contribution in [2.24, 2.45) is 4.99 Å². The first-order valence-electron chi connectivity index (χ1n) is 11.3. The van der Waals surface area contributed by atoms with E-state index >= 15 is 0 Å². The van der Waals surface area contributed by atoms with Crippen LogP contribution < -0.4 is 5.32 Å². The second kappa shape index (κ2) is 12.0. The van der Waals surface area contributed by atoms with Gasteiger partial charge >= 0.3 is 0 Å². The van der Waals surface area contributed by atoms with E-state index < -0.39 is 0 Å². The van der Waals surface area contributed by atoms with Gasteiger partial charge in [-0.25, -0.2) is 0 Å². The average Bonchev–Trinajstić information content (AvgIpc) is 2.86. The number of piperidine rings is 1. The number of hydrogen-bond donors (Lipinski definition) is 1. The highest BCUT2D eigenvalue weighted by Gasteiger charge is 2.18. The Labute approximate surface area is 208 Å². The molecular formula is C26H33IN4O. The van der Waals surface area contributed by atoms with Crippen LogP contribution in [-0.2, 0) is 6.54 Å². The van der Waals surface area contributed by atoms with E-state index in [1.54, 1.807) is 0 Å². The maximum absolute atomic E-state index is 12.6. The number of likely N-dealkylation sites (tertiary alicyclic amines) is 1. The Morgan fingerprint density at radius 1 is 0.938 bits per heavy atom. The molecule has 32 heavy (non-hydrogen) atoms. The summed E-state index contributed by atoms with van der Waals surface area (Å²) in [6, 6.07) is 18.6. The van der Waals surface area contributed by atoms with Crippen LogP contribution in [0.3, 0.4) is 0 Å². The predicted molar refractivity (Wildman–Crippen MR) is 142 cm³/mol. The number of guanidine groups is 1. The number of amides is 1. The summed E-state index contributed by atoms with van der Waals surface area (Å²) in [6.07, 6.45) is 6.78. The molecule has 0 spiro atoms. The van der Waals surface area contributed by atoms with E-state index in [1.807, 2.05) is 36.2 Å². The summed E-state index contributed by atoms with van der Waals surface area (Å²) in [4.78, 5) is 21.4. The molecule has 0 unspecified atom stereocenters. The van der Waals surface area contributed by atoms with Gasteiger partial charge in [0.05, 0.1) is 0 Å². The van der Waals surface area contributed by atoms with Gasteiger partial charge in [-0.3, -0.25) is 9.79 Å². The smallest absolute Gasteiger partial charge is 0.253 e. The van der Waals surface area contributed by atoms with Crippen LogP contribution in [0.15, 0.2) is 65.7 Å². The predicted octanol–water partition coefficient (Wildman–Crippen LogP) is 4.80. The van der Waals surface area contributed by atoms with Crippen LogP contribution in [0.5, 0.6) is 0 Å². The van der Waals surface area contributed by atoms with Crippen molar-refractivity contribution in [3.05, 3.63) is 77.4 Å². The molecule has 5 nitrogen and oxygen atoms in total. The molecular weight excluding hydrogens is 511 g/mol. The Morgan fingerprint density at radius 2 is 1.66 bits per heavy atom. The normalized spacial score (nSPS) is 16.8. The van der Waals surface area contributed by atoms with E-state index in [-0.39, 0.29) is 29.9 Å². The number of benzene rings is 2. The molecule has 2 aliphatic heterocycles. The van der Waals surface area contributed by atoms with Gasteiger partial charge in [-0.2, -0.15) is 0 Å². The van der Waals surface area contributed by atoms with Gasteiger partial charge in [0.1, 0.15) is 0 Å². The van der Waals surface area contributed by atoms with Crippen molar-refractivity contribution in [1.29, 1.82) is 0 Å². The highest BCUT2D eigenvalue weighted by molar-refractivity contribution is 14.0. The summed E-state index contributed by atoms with van der Waals surface area (Å²) < 4.78 is 0. The van der Waals surface area contributed by atoms with Crippen molar-refractivity contribution >= 4 is 41.4 Å². The number of carbonyl (C=O) groups excluding carboxylic acids is 1. The van der Waals surface area contributed by atoms with Gasteiger partial charge in [0.15, 0.2) is 5.96 Å². The summed E-state index contributed by atoms with van der Waals surface area (Å²) in [5.74, 6) is 1.07. The summed E-state index contributed by atoms with van der Waals surface area (Å²) in [5.41, 5.74) is 4.64. The van der Waals surface area contributed by atoms with Crippen LogP contribution >= 0.6 is 24.0 Å². The molecule has 4 rings (SSSR count). The van der Waals surface area contributed by atoms with Crippen molar-refractivity contribution in [3.63, 3.8) is 0 Å². The van der Waals surface area contributed by atoms with Crippen molar-refractivity contribution in [1.82, 2.24) is 15.1 Å². The van der Waals surface area contributed by atoms with E-state index in [4.69, 9.17) is 0 Å². The van der Waals surface area contributed by atoms with Gasteiger partial charge in [-0.1, -0.05) is 48.5 Å². The van der Waals surface area contributed by atoms with Crippen LogP contribution in [-0.4, -0.2) is 54.9 Å². The Bertz CT molecular complexity index is 934. The molecule has 0 atom stereocenters. The van der Waals surface area contributed by atoms with Crippen LogP contribution in [0, 0.1) is 0 Å². The van der Waals surface area contributed by atoms with Crippen LogP contribution in [0.4, 0.5) is 0 Å². The zero-order valence-corrected chi connectivity index (χ0v) is 21.1. The molecule has 2 aliphatic rings. The molecule has 2 heterocycles. The summed E-state index contributed by atoms with van der Waals surface area (Å²) in [6.45, 7) is 4.26. The van der Waals surface area contributed by atoms with Crippen molar-refractivity contribution in [2.45, 2.75) is 32.2 Å². The fourth-order valence-electron chi connectivity index (χ4n) is 4.33. The van der Waals surface area contributed by atoms with Crippen LogP contribution in [0.1, 0.15) is 47.2 Å². The number of halogens is 1. The fraction of sp³-hybridized carbons (Fsp3) is 0.385. The molecule has 0 radical (unpaired) electrons. The molecule has 1 fully saturated rings. The lowest BCUT2D eigenvalue weighted by atomic mass is 10.00. The van der Waals surface area contributed by atoms with E-state index in [1.165, 1.54) is 17.6 Å². The first kappa shape index (κ1) is 24.3. The van der Waals surface area contributed by atoms with Gasteiger partial charge in [0, 0.05) is 45.3 Å². The number of nitrogens with zero attached hydrogens (tertiary/aromatic N) is 3. The van der Waals surface area contributed by atoms with E-state index in [9.17, 15) is 4.79 Å². The average molecular weight is 544 g/mol. The fourth-order valence-corrected chi connectivity index (χ4v) is 4.33. The third kappa shape index (κ3) is 6.12. The SMILES string of the molecule is CN=C(NCc1ccc(C(=O)N2CCCCC2)cc1)N1CC=C(c2ccccc2)CC1.I. The minimum Gasteiger partial charge on any atom is -0.352 e. The lowest BCUT2D eigenvalue weighted by Crippen LogP contribution is -2.43. The molecule has 0 aliphatic carbocycles. The van der Waals surface area contributed by atoms with Crippen molar-refractivity contribution < 1.29 is 4.79 Å². The van der Waals surface area contributed by atoms with E-state index in [2.05, 4.69) is 51.6 Å². The molecule has 0 aromatic heterocycles. The molecule has 2 aromatic carbocycles. The monoisotopic (exact) mass is 544 g/mol. The molecule has 1 saturated heterocycles. The maximum Gasteiger partial charge on any atom is 0.253 e. The summed E-state index contributed by atoms with van der Waals surface area (Å²) >= 11 is 0. The molecule has 1 amide bonds. The second-order valence-corrected chi connectivity index (χ2v) is 8.24. The van der Waals surface area contributed by atoms with Crippen LogP contribution in [0.25, 0.3) is 5.57 Å². The van der Waals surface area contributed by atoms with Crippen molar-refractivity contribution in [3.8, 4) is 0 Å².